The van der Waals surface area contributed by atoms with Gasteiger partial charge in [0, 0.05) is 7.05 Å². The number of nitrogens with zero attached hydrogens (tertiary/aromatic N) is 2. The van der Waals surface area contributed by atoms with Crippen LogP contribution in [-0.2, 0) is 7.05 Å². The molecule has 12 heavy (non-hydrogen) atoms. The zero-order valence-corrected chi connectivity index (χ0v) is 8.01. The van der Waals surface area contributed by atoms with Crippen LogP contribution in [0.1, 0.15) is 24.4 Å². The Hall–Kier alpha value is -0.435. The Morgan fingerprint density at radius 1 is 1.75 bits per heavy atom. The van der Waals surface area contributed by atoms with Gasteiger partial charge in [0.1, 0.15) is 7.28 Å². The second kappa shape index (κ2) is 3.13. The molecule has 1 aliphatic heterocycles. The summed E-state index contributed by atoms with van der Waals surface area (Å²) < 4.78 is 1.92. The summed E-state index contributed by atoms with van der Waals surface area (Å²) in [5.41, 5.74) is 1.23. The predicted octanol–water partition coefficient (Wildman–Crippen LogP) is 1.76. The van der Waals surface area contributed by atoms with Gasteiger partial charge in [-0.05, 0) is 5.82 Å². The number of halogens is 1. The van der Waals surface area contributed by atoms with Crippen molar-refractivity contribution in [3.05, 3.63) is 16.9 Å². The van der Waals surface area contributed by atoms with Gasteiger partial charge >= 0.3 is 0 Å². The van der Waals surface area contributed by atoms with E-state index in [1.165, 1.54) is 32.1 Å². The van der Waals surface area contributed by atoms with Crippen LogP contribution in [0.2, 0.25) is 11.3 Å². The fraction of sp³-hybridized carbons (Fsp3) is 0.625. The van der Waals surface area contributed by atoms with Gasteiger partial charge < -0.3 is 0 Å². The number of hydrogen-bond acceptors (Lipinski definition) is 1. The molecule has 0 saturated carbocycles. The second-order valence-corrected chi connectivity index (χ2v) is 3.89. The molecule has 4 heteroatoms. The number of aryl methyl sites for hydroxylation is 1. The van der Waals surface area contributed by atoms with E-state index in [-0.39, 0.29) is 0 Å². The summed E-state index contributed by atoms with van der Waals surface area (Å²) >= 11 is 6.04. The summed E-state index contributed by atoms with van der Waals surface area (Å²) in [6.45, 7) is 0. The Kier molecular flexibility index (Phi) is 2.13. The molecule has 0 spiro atoms. The molecule has 2 heterocycles. The molecular weight excluding hydrogens is 170 g/mol. The lowest BCUT2D eigenvalue weighted by molar-refractivity contribution is 0.679. The Balaban J connectivity index is 2.30. The molecule has 2 rings (SSSR count). The van der Waals surface area contributed by atoms with Crippen LogP contribution in [0.25, 0.3) is 0 Å². The van der Waals surface area contributed by atoms with Gasteiger partial charge in [-0.2, -0.15) is 5.10 Å². The molecule has 1 saturated heterocycles. The number of rotatable bonds is 1. The van der Waals surface area contributed by atoms with E-state index in [1.54, 1.807) is 6.20 Å². The molecular formula is C8H12BClN2. The zero-order valence-electron chi connectivity index (χ0n) is 7.26. The molecule has 1 aliphatic rings. The van der Waals surface area contributed by atoms with Gasteiger partial charge in [0.2, 0.25) is 0 Å². The van der Waals surface area contributed by atoms with Crippen molar-refractivity contribution in [2.75, 3.05) is 0 Å². The first-order chi connectivity index (χ1) is 5.79. The summed E-state index contributed by atoms with van der Waals surface area (Å²) in [7, 11) is 3.25. The molecule has 0 aromatic carbocycles. The molecule has 0 radical (unpaired) electrons. The number of aromatic nitrogens is 2. The van der Waals surface area contributed by atoms with Crippen molar-refractivity contribution in [1.82, 2.24) is 9.78 Å². The summed E-state index contributed by atoms with van der Waals surface area (Å²) in [6, 6.07) is 0. The minimum Gasteiger partial charge on any atom is -0.272 e. The first-order valence-corrected chi connectivity index (χ1v) is 4.84. The average molecular weight is 182 g/mol. The van der Waals surface area contributed by atoms with Crippen molar-refractivity contribution in [1.29, 1.82) is 0 Å². The van der Waals surface area contributed by atoms with Crippen molar-refractivity contribution < 1.29 is 0 Å². The highest BCUT2D eigenvalue weighted by Crippen LogP contribution is 2.32. The minimum absolute atomic E-state index is 0.657. The van der Waals surface area contributed by atoms with E-state index in [9.17, 15) is 0 Å². The van der Waals surface area contributed by atoms with Crippen LogP contribution in [0.5, 0.6) is 0 Å². The van der Waals surface area contributed by atoms with Gasteiger partial charge in [0.15, 0.2) is 0 Å². The predicted molar refractivity (Wildman–Crippen MR) is 52.1 cm³/mol. The third-order valence-electron chi connectivity index (χ3n) is 2.68. The molecule has 2 nitrogen and oxygen atoms in total. The molecule has 64 valence electrons. The zero-order chi connectivity index (χ0) is 8.55. The summed E-state index contributed by atoms with van der Waals surface area (Å²) in [6.07, 6.45) is 5.70. The van der Waals surface area contributed by atoms with E-state index in [2.05, 4.69) is 5.10 Å². The van der Waals surface area contributed by atoms with E-state index >= 15 is 0 Å². The molecule has 0 N–H and O–H groups in total. The minimum atomic E-state index is 0.657. The van der Waals surface area contributed by atoms with Gasteiger partial charge in [-0.25, -0.2) is 0 Å². The molecule has 0 aliphatic carbocycles. The summed E-state index contributed by atoms with van der Waals surface area (Å²) in [5.74, 6) is 0.657. The third kappa shape index (κ3) is 1.26. The molecule has 0 bridgehead atoms. The van der Waals surface area contributed by atoms with Crippen LogP contribution >= 0.6 is 11.6 Å². The van der Waals surface area contributed by atoms with Crippen molar-refractivity contribution in [2.24, 2.45) is 7.05 Å². The van der Waals surface area contributed by atoms with Crippen LogP contribution in [0.15, 0.2) is 6.20 Å². The third-order valence-corrected chi connectivity index (χ3v) is 2.97. The van der Waals surface area contributed by atoms with Gasteiger partial charge in [-0.1, -0.05) is 30.8 Å². The monoisotopic (exact) mass is 182 g/mol. The van der Waals surface area contributed by atoms with Crippen molar-refractivity contribution in [3.8, 4) is 0 Å². The summed E-state index contributed by atoms with van der Waals surface area (Å²) in [4.78, 5) is 0. The standard InChI is InChI=1S/C8H12BClN2/c1-12-8(7(10)5-11-12)6-3-2-4-9-6/h5-6,9H,2-4H2,1H3. The number of hydrogen-bond donors (Lipinski definition) is 0. The normalized spacial score (nSPS) is 22.7. The van der Waals surface area contributed by atoms with E-state index in [0.29, 0.717) is 5.82 Å². The van der Waals surface area contributed by atoms with Crippen LogP contribution in [0.4, 0.5) is 0 Å². The first kappa shape index (κ1) is 8.18. The Morgan fingerprint density at radius 3 is 3.08 bits per heavy atom. The average Bonchev–Trinajstić information content (AvgIpc) is 2.61. The topological polar surface area (TPSA) is 17.8 Å². The first-order valence-electron chi connectivity index (χ1n) is 4.46. The SMILES string of the molecule is Cn1ncc(Cl)c1C1BCCC1. The van der Waals surface area contributed by atoms with Gasteiger partial charge in [0.05, 0.1) is 16.9 Å². The Labute approximate surface area is 78.1 Å². The Bertz CT molecular complexity index is 259. The second-order valence-electron chi connectivity index (χ2n) is 3.48. The maximum absolute atomic E-state index is 6.04. The fourth-order valence-electron chi connectivity index (χ4n) is 2.08. The maximum Gasteiger partial charge on any atom is 0.131 e. The van der Waals surface area contributed by atoms with Crippen molar-refractivity contribution in [2.45, 2.75) is 25.0 Å². The Morgan fingerprint density at radius 2 is 2.58 bits per heavy atom. The molecule has 1 atom stereocenters. The quantitative estimate of drug-likeness (QED) is 0.605. The van der Waals surface area contributed by atoms with Gasteiger partial charge in [-0.3, -0.25) is 4.68 Å². The van der Waals surface area contributed by atoms with E-state index in [1.807, 2.05) is 11.7 Å². The van der Waals surface area contributed by atoms with Crippen LogP contribution < -0.4 is 0 Å². The van der Waals surface area contributed by atoms with E-state index < -0.39 is 0 Å². The van der Waals surface area contributed by atoms with Crippen LogP contribution in [-0.4, -0.2) is 17.1 Å². The molecule has 1 fully saturated rings. The highest BCUT2D eigenvalue weighted by molar-refractivity contribution is 6.40. The lowest BCUT2D eigenvalue weighted by atomic mass is 9.66. The molecule has 0 amide bonds. The van der Waals surface area contributed by atoms with Crippen LogP contribution in [0, 0.1) is 0 Å². The smallest absolute Gasteiger partial charge is 0.131 e. The highest BCUT2D eigenvalue weighted by atomic mass is 35.5. The largest absolute Gasteiger partial charge is 0.272 e. The van der Waals surface area contributed by atoms with E-state index in [0.717, 1.165) is 5.02 Å². The lowest BCUT2D eigenvalue weighted by Crippen LogP contribution is -2.07. The van der Waals surface area contributed by atoms with Gasteiger partial charge in [0.25, 0.3) is 0 Å². The van der Waals surface area contributed by atoms with Gasteiger partial charge in [-0.15, -0.1) is 0 Å². The molecule has 1 unspecified atom stereocenters. The fourth-order valence-corrected chi connectivity index (χ4v) is 2.40. The van der Waals surface area contributed by atoms with Crippen molar-refractivity contribution >= 4 is 18.9 Å². The van der Waals surface area contributed by atoms with E-state index in [4.69, 9.17) is 11.6 Å². The molecule has 1 aromatic heterocycles. The highest BCUT2D eigenvalue weighted by Gasteiger charge is 2.23. The van der Waals surface area contributed by atoms with Crippen molar-refractivity contribution in [3.63, 3.8) is 0 Å². The lowest BCUT2D eigenvalue weighted by Gasteiger charge is -2.09. The maximum atomic E-state index is 6.04. The molecule has 1 aromatic rings. The van der Waals surface area contributed by atoms with Crippen LogP contribution in [0.3, 0.4) is 0 Å². The summed E-state index contributed by atoms with van der Waals surface area (Å²) in [5, 5.41) is 4.98.